The molecule has 4 rings (SSSR count). The van der Waals surface area contributed by atoms with E-state index in [0.717, 1.165) is 44.7 Å². The minimum absolute atomic E-state index is 0.284. The zero-order valence-electron chi connectivity index (χ0n) is 18.1. The van der Waals surface area contributed by atoms with Crippen molar-refractivity contribution in [2.45, 2.75) is 12.8 Å². The molecular weight excluding hydrogens is 388 g/mol. The third kappa shape index (κ3) is 3.63. The van der Waals surface area contributed by atoms with Crippen LogP contribution in [0, 0.1) is 6.92 Å². The number of fused-ring (bicyclic) bond motifs is 1. The molecule has 0 bridgehead atoms. The smallest absolute Gasteiger partial charge is 0.336 e. The summed E-state index contributed by atoms with van der Waals surface area (Å²) in [5, 5.41) is 11.2. The largest absolute Gasteiger partial charge is 0.496 e. The molecule has 31 heavy (non-hydrogen) atoms. The standard InChI is InChI=1S/C26H26N2O3/c1-16-24(19-9-5-7-11-22(19)27-16)25(20-10-6-8-12-23(20)31-4)18-14-13-17(28(2)3)15-21(18)26(29)30/h5-15,25,27H,1-4H3,(H,29,30). The summed E-state index contributed by atoms with van der Waals surface area (Å²) in [4.78, 5) is 17.7. The fraction of sp³-hybridized carbons (Fsp3) is 0.192. The Labute approximate surface area is 181 Å². The normalized spacial score (nSPS) is 12.0. The molecule has 0 fully saturated rings. The summed E-state index contributed by atoms with van der Waals surface area (Å²) in [5.74, 6) is -0.532. The van der Waals surface area contributed by atoms with Gasteiger partial charge in [0.15, 0.2) is 0 Å². The van der Waals surface area contributed by atoms with Gasteiger partial charge in [0, 0.05) is 47.9 Å². The van der Waals surface area contributed by atoms with Crippen LogP contribution in [0.2, 0.25) is 0 Å². The molecule has 1 aromatic heterocycles. The van der Waals surface area contributed by atoms with E-state index in [1.54, 1.807) is 13.2 Å². The number of benzene rings is 3. The van der Waals surface area contributed by atoms with E-state index in [0.29, 0.717) is 0 Å². The van der Waals surface area contributed by atoms with Crippen LogP contribution in [0.4, 0.5) is 5.69 Å². The molecule has 0 saturated carbocycles. The van der Waals surface area contributed by atoms with Gasteiger partial charge in [-0.05, 0) is 42.3 Å². The van der Waals surface area contributed by atoms with Crippen LogP contribution >= 0.6 is 0 Å². The average Bonchev–Trinajstić information content (AvgIpc) is 3.10. The zero-order valence-corrected chi connectivity index (χ0v) is 18.1. The lowest BCUT2D eigenvalue weighted by atomic mass is 9.81. The molecule has 5 nitrogen and oxygen atoms in total. The Morgan fingerprint density at radius 2 is 1.71 bits per heavy atom. The van der Waals surface area contributed by atoms with Crippen molar-refractivity contribution in [1.29, 1.82) is 0 Å². The van der Waals surface area contributed by atoms with Crippen molar-refractivity contribution < 1.29 is 14.6 Å². The van der Waals surface area contributed by atoms with Gasteiger partial charge in [-0.3, -0.25) is 0 Å². The molecule has 0 saturated heterocycles. The number of carboxylic acids is 1. The maximum Gasteiger partial charge on any atom is 0.336 e. The number of hydrogen-bond donors (Lipinski definition) is 2. The number of aromatic amines is 1. The van der Waals surface area contributed by atoms with Gasteiger partial charge in [-0.25, -0.2) is 4.79 Å². The van der Waals surface area contributed by atoms with Gasteiger partial charge in [0.2, 0.25) is 0 Å². The fourth-order valence-electron chi connectivity index (χ4n) is 4.31. The molecule has 4 aromatic rings. The second-order valence-electron chi connectivity index (χ2n) is 7.86. The number of carboxylic acid groups (broad SMARTS) is 1. The van der Waals surface area contributed by atoms with Crippen LogP contribution in [0.5, 0.6) is 5.75 Å². The number of anilines is 1. The summed E-state index contributed by atoms with van der Waals surface area (Å²) in [6.07, 6.45) is 0. The van der Waals surface area contributed by atoms with Crippen molar-refractivity contribution in [2.24, 2.45) is 0 Å². The lowest BCUT2D eigenvalue weighted by molar-refractivity contribution is 0.0695. The number of para-hydroxylation sites is 2. The number of aryl methyl sites for hydroxylation is 1. The summed E-state index contributed by atoms with van der Waals surface area (Å²) in [6, 6.07) is 21.6. The van der Waals surface area contributed by atoms with Gasteiger partial charge in [-0.1, -0.05) is 42.5 Å². The van der Waals surface area contributed by atoms with Crippen molar-refractivity contribution in [3.63, 3.8) is 0 Å². The Kier molecular flexibility index (Phi) is 5.42. The minimum atomic E-state index is -0.948. The molecule has 0 aliphatic rings. The highest BCUT2D eigenvalue weighted by Gasteiger charge is 2.29. The van der Waals surface area contributed by atoms with Crippen LogP contribution < -0.4 is 9.64 Å². The Bertz CT molecular complexity index is 1260. The van der Waals surface area contributed by atoms with E-state index >= 15 is 0 Å². The van der Waals surface area contributed by atoms with Gasteiger partial charge in [-0.2, -0.15) is 0 Å². The van der Waals surface area contributed by atoms with Crippen LogP contribution in [-0.4, -0.2) is 37.3 Å². The molecule has 0 spiro atoms. The maximum absolute atomic E-state index is 12.3. The Hall–Kier alpha value is -3.73. The van der Waals surface area contributed by atoms with E-state index in [2.05, 4.69) is 11.1 Å². The van der Waals surface area contributed by atoms with E-state index in [9.17, 15) is 9.90 Å². The van der Waals surface area contributed by atoms with Crippen LogP contribution in [0.25, 0.3) is 10.9 Å². The number of nitrogens with zero attached hydrogens (tertiary/aromatic N) is 1. The summed E-state index contributed by atoms with van der Waals surface area (Å²) >= 11 is 0. The third-order valence-electron chi connectivity index (χ3n) is 5.78. The molecule has 2 N–H and O–H groups in total. The summed E-state index contributed by atoms with van der Waals surface area (Å²) in [5.41, 5.74) is 5.87. The first-order valence-corrected chi connectivity index (χ1v) is 10.2. The number of carbonyl (C=O) groups is 1. The second kappa shape index (κ2) is 8.19. The van der Waals surface area contributed by atoms with Crippen LogP contribution in [0.15, 0.2) is 66.7 Å². The van der Waals surface area contributed by atoms with E-state index in [1.807, 2.05) is 80.5 Å². The fourth-order valence-corrected chi connectivity index (χ4v) is 4.31. The highest BCUT2D eigenvalue weighted by Crippen LogP contribution is 2.43. The number of nitrogens with one attached hydrogen (secondary N) is 1. The molecule has 1 atom stereocenters. The van der Waals surface area contributed by atoms with Crippen LogP contribution in [0.3, 0.4) is 0 Å². The highest BCUT2D eigenvalue weighted by atomic mass is 16.5. The third-order valence-corrected chi connectivity index (χ3v) is 5.78. The first-order chi connectivity index (χ1) is 14.9. The Morgan fingerprint density at radius 3 is 2.42 bits per heavy atom. The highest BCUT2D eigenvalue weighted by molar-refractivity contribution is 5.93. The number of hydrogen-bond acceptors (Lipinski definition) is 3. The van der Waals surface area contributed by atoms with Gasteiger partial charge in [0.05, 0.1) is 12.7 Å². The molecule has 0 aliphatic carbocycles. The quantitative estimate of drug-likeness (QED) is 0.442. The molecule has 1 unspecified atom stereocenters. The second-order valence-corrected chi connectivity index (χ2v) is 7.86. The average molecular weight is 415 g/mol. The van der Waals surface area contributed by atoms with E-state index in [4.69, 9.17) is 4.74 Å². The number of aromatic carboxylic acids is 1. The van der Waals surface area contributed by atoms with Crippen LogP contribution in [0.1, 0.15) is 38.7 Å². The number of methoxy groups -OCH3 is 1. The monoisotopic (exact) mass is 414 g/mol. The molecule has 0 radical (unpaired) electrons. The van der Waals surface area contributed by atoms with Crippen molar-refractivity contribution in [3.05, 3.63) is 94.7 Å². The predicted molar refractivity (Wildman–Crippen MR) is 125 cm³/mol. The molecule has 1 heterocycles. The first-order valence-electron chi connectivity index (χ1n) is 10.2. The summed E-state index contributed by atoms with van der Waals surface area (Å²) < 4.78 is 5.69. The predicted octanol–water partition coefficient (Wildman–Crippen LogP) is 5.43. The maximum atomic E-state index is 12.3. The molecule has 5 heteroatoms. The number of rotatable bonds is 6. The van der Waals surface area contributed by atoms with Crippen LogP contribution in [-0.2, 0) is 0 Å². The van der Waals surface area contributed by atoms with Gasteiger partial charge in [0.1, 0.15) is 5.75 Å². The van der Waals surface area contributed by atoms with Gasteiger partial charge in [-0.15, -0.1) is 0 Å². The first kappa shape index (κ1) is 20.5. The van der Waals surface area contributed by atoms with E-state index < -0.39 is 5.97 Å². The summed E-state index contributed by atoms with van der Waals surface area (Å²) in [6.45, 7) is 2.03. The zero-order chi connectivity index (χ0) is 22.1. The molecular formula is C26H26N2O3. The molecule has 3 aromatic carbocycles. The van der Waals surface area contributed by atoms with Crippen molar-refractivity contribution >= 4 is 22.6 Å². The van der Waals surface area contributed by atoms with Gasteiger partial charge >= 0.3 is 5.97 Å². The number of aromatic nitrogens is 1. The van der Waals surface area contributed by atoms with Crippen molar-refractivity contribution in [2.75, 3.05) is 26.1 Å². The number of ether oxygens (including phenoxy) is 1. The minimum Gasteiger partial charge on any atom is -0.496 e. The van der Waals surface area contributed by atoms with E-state index in [-0.39, 0.29) is 11.5 Å². The number of H-pyrrole nitrogens is 1. The van der Waals surface area contributed by atoms with Crippen molar-refractivity contribution in [3.8, 4) is 5.75 Å². The Balaban J connectivity index is 2.08. The molecule has 0 amide bonds. The molecule has 158 valence electrons. The van der Waals surface area contributed by atoms with Gasteiger partial charge in [0.25, 0.3) is 0 Å². The SMILES string of the molecule is COc1ccccc1C(c1ccc(N(C)C)cc1C(=O)O)c1c(C)[nH]c2ccccc12. The van der Waals surface area contributed by atoms with Gasteiger partial charge < -0.3 is 19.7 Å². The lowest BCUT2D eigenvalue weighted by Gasteiger charge is -2.24. The molecule has 0 aliphatic heterocycles. The topological polar surface area (TPSA) is 65.6 Å². The van der Waals surface area contributed by atoms with E-state index in [1.165, 1.54) is 0 Å². The summed E-state index contributed by atoms with van der Waals surface area (Å²) in [7, 11) is 5.45. The van der Waals surface area contributed by atoms with Crippen molar-refractivity contribution in [1.82, 2.24) is 4.98 Å². The lowest BCUT2D eigenvalue weighted by Crippen LogP contribution is -2.15. The Morgan fingerprint density at radius 1 is 1.00 bits per heavy atom.